The van der Waals surface area contributed by atoms with E-state index < -0.39 is 5.60 Å². The lowest BCUT2D eigenvalue weighted by molar-refractivity contribution is 0.117. The fraction of sp³-hybridized carbons (Fsp3) is 0.107. The molecule has 1 unspecified atom stereocenters. The minimum atomic E-state index is -1.56. The zero-order valence-corrected chi connectivity index (χ0v) is 20.4. The van der Waals surface area contributed by atoms with E-state index in [2.05, 4.69) is 10.1 Å². The molecule has 5 aromatic rings. The number of hydrogen-bond donors (Lipinski definition) is 2. The van der Waals surface area contributed by atoms with Crippen molar-refractivity contribution in [1.29, 1.82) is 0 Å². The van der Waals surface area contributed by atoms with Gasteiger partial charge in [0.05, 0.1) is 29.9 Å². The van der Waals surface area contributed by atoms with E-state index in [4.69, 9.17) is 16.8 Å². The predicted molar refractivity (Wildman–Crippen MR) is 141 cm³/mol. The van der Waals surface area contributed by atoms with E-state index in [0.717, 1.165) is 22.0 Å². The molecule has 0 aliphatic carbocycles. The van der Waals surface area contributed by atoms with Crippen molar-refractivity contribution < 1.29 is 10.3 Å². The Hall–Kier alpha value is -4.20. The lowest BCUT2D eigenvalue weighted by atomic mass is 9.82. The van der Waals surface area contributed by atoms with E-state index in [1.54, 1.807) is 65.1 Å². The number of benzene rings is 3. The van der Waals surface area contributed by atoms with Crippen LogP contribution in [0.1, 0.15) is 22.4 Å². The second-order valence-electron chi connectivity index (χ2n) is 8.66. The summed E-state index contributed by atoms with van der Waals surface area (Å²) >= 11 is 6.26. The molecule has 0 aliphatic heterocycles. The molecule has 0 radical (unpaired) electrons. The summed E-state index contributed by atoms with van der Waals surface area (Å²) in [5.41, 5.74) is 3.01. The molecule has 3 aromatic carbocycles. The van der Waals surface area contributed by atoms with Crippen LogP contribution in [0.15, 0.2) is 95.3 Å². The second-order valence-corrected chi connectivity index (χ2v) is 9.10. The number of aliphatic hydroxyl groups is 1. The maximum atomic E-state index is 12.8. The van der Waals surface area contributed by atoms with Crippen LogP contribution in [-0.2, 0) is 19.7 Å². The fourth-order valence-electron chi connectivity index (χ4n) is 4.63. The van der Waals surface area contributed by atoms with Crippen molar-refractivity contribution in [2.75, 3.05) is 0 Å². The molecule has 0 saturated heterocycles. The van der Waals surface area contributed by atoms with Gasteiger partial charge in [0, 0.05) is 30.6 Å². The SMILES string of the molecule is Cn1cncc1C(O)(c1ccc(/C=N/O)cc1)c1ccc2c(c1)c(-c1cccc(Cl)c1)cc(=O)n2C. The first-order chi connectivity index (χ1) is 17.3. The largest absolute Gasteiger partial charge is 0.411 e. The molecule has 1 atom stereocenters. The van der Waals surface area contributed by atoms with Gasteiger partial charge in [0.1, 0.15) is 0 Å². The van der Waals surface area contributed by atoms with Gasteiger partial charge in [-0.05, 0) is 52.1 Å². The number of aromatic nitrogens is 3. The van der Waals surface area contributed by atoms with Crippen LogP contribution in [0.25, 0.3) is 22.0 Å². The van der Waals surface area contributed by atoms with Crippen molar-refractivity contribution in [3.63, 3.8) is 0 Å². The molecule has 2 heterocycles. The third-order valence-electron chi connectivity index (χ3n) is 6.52. The van der Waals surface area contributed by atoms with Crippen LogP contribution in [-0.4, -0.2) is 30.6 Å². The zero-order valence-electron chi connectivity index (χ0n) is 19.6. The van der Waals surface area contributed by atoms with Gasteiger partial charge >= 0.3 is 0 Å². The highest BCUT2D eigenvalue weighted by Crippen LogP contribution is 2.39. The molecule has 2 N–H and O–H groups in total. The van der Waals surface area contributed by atoms with Crippen molar-refractivity contribution in [1.82, 2.24) is 14.1 Å². The van der Waals surface area contributed by atoms with Gasteiger partial charge in [0.15, 0.2) is 5.60 Å². The van der Waals surface area contributed by atoms with Gasteiger partial charge < -0.3 is 19.4 Å². The Bertz CT molecular complexity index is 1670. The van der Waals surface area contributed by atoms with E-state index in [0.29, 0.717) is 27.4 Å². The van der Waals surface area contributed by atoms with Crippen LogP contribution in [0.3, 0.4) is 0 Å². The van der Waals surface area contributed by atoms with E-state index in [9.17, 15) is 9.90 Å². The van der Waals surface area contributed by atoms with Crippen LogP contribution in [0.5, 0.6) is 0 Å². The minimum Gasteiger partial charge on any atom is -0.411 e. The van der Waals surface area contributed by atoms with Crippen LogP contribution in [0.2, 0.25) is 5.02 Å². The molecular weight excluding hydrogens is 476 g/mol. The lowest BCUT2D eigenvalue weighted by Crippen LogP contribution is -2.31. The summed E-state index contributed by atoms with van der Waals surface area (Å²) in [6, 6.07) is 21.6. The standard InChI is InChI=1S/C28H23ClN4O3/c1-32-17-30-16-26(32)28(35,20-8-6-18(7-9-20)15-31-36)21-10-11-25-24(13-21)23(14-27(34)33(25)2)19-4-3-5-22(29)12-19/h3-17,35-36H,1-2H3/b31-15+. The number of fused-ring (bicyclic) bond motifs is 1. The summed E-state index contributed by atoms with van der Waals surface area (Å²) in [7, 11) is 3.54. The Morgan fingerprint density at radius 2 is 1.75 bits per heavy atom. The number of pyridine rings is 1. The van der Waals surface area contributed by atoms with Crippen molar-refractivity contribution in [3.05, 3.63) is 123 Å². The Morgan fingerprint density at radius 1 is 1.00 bits per heavy atom. The van der Waals surface area contributed by atoms with Crippen LogP contribution in [0, 0.1) is 0 Å². The van der Waals surface area contributed by atoms with Gasteiger partial charge in [-0.1, -0.05) is 59.2 Å². The van der Waals surface area contributed by atoms with Crippen LogP contribution in [0.4, 0.5) is 0 Å². The molecule has 0 aliphatic rings. The van der Waals surface area contributed by atoms with E-state index in [1.165, 1.54) is 6.21 Å². The van der Waals surface area contributed by atoms with E-state index in [-0.39, 0.29) is 5.56 Å². The maximum Gasteiger partial charge on any atom is 0.251 e. The normalized spacial score (nSPS) is 13.3. The summed E-state index contributed by atoms with van der Waals surface area (Å²) in [5, 5.41) is 25.7. The highest BCUT2D eigenvalue weighted by atomic mass is 35.5. The van der Waals surface area contributed by atoms with Gasteiger partial charge in [0.25, 0.3) is 5.56 Å². The van der Waals surface area contributed by atoms with Crippen LogP contribution < -0.4 is 5.56 Å². The minimum absolute atomic E-state index is 0.145. The predicted octanol–water partition coefficient (Wildman–Crippen LogP) is 4.68. The Morgan fingerprint density at radius 3 is 2.42 bits per heavy atom. The van der Waals surface area contributed by atoms with Crippen LogP contribution >= 0.6 is 11.6 Å². The van der Waals surface area contributed by atoms with Gasteiger partial charge in [-0.25, -0.2) is 4.98 Å². The Labute approximate surface area is 212 Å². The first-order valence-corrected chi connectivity index (χ1v) is 11.6. The molecule has 180 valence electrons. The quantitative estimate of drug-likeness (QED) is 0.209. The van der Waals surface area contributed by atoms with Crippen molar-refractivity contribution in [3.8, 4) is 11.1 Å². The number of oxime groups is 1. The molecule has 0 bridgehead atoms. The molecule has 0 fully saturated rings. The molecule has 5 rings (SSSR count). The summed E-state index contributed by atoms with van der Waals surface area (Å²) in [5.74, 6) is 0. The topological polar surface area (TPSA) is 92.6 Å². The number of rotatable bonds is 5. The number of nitrogens with zero attached hydrogens (tertiary/aromatic N) is 4. The number of halogens is 1. The zero-order chi connectivity index (χ0) is 25.4. The molecule has 2 aromatic heterocycles. The molecule has 36 heavy (non-hydrogen) atoms. The average Bonchev–Trinajstić information content (AvgIpc) is 3.32. The van der Waals surface area contributed by atoms with Crippen molar-refractivity contribution in [2.24, 2.45) is 19.3 Å². The van der Waals surface area contributed by atoms with Gasteiger partial charge in [0.2, 0.25) is 0 Å². The van der Waals surface area contributed by atoms with Crippen molar-refractivity contribution >= 4 is 28.7 Å². The van der Waals surface area contributed by atoms with E-state index in [1.807, 2.05) is 43.4 Å². The fourth-order valence-corrected chi connectivity index (χ4v) is 4.82. The third-order valence-corrected chi connectivity index (χ3v) is 6.76. The number of imidazole rings is 1. The van der Waals surface area contributed by atoms with Gasteiger partial charge in [-0.3, -0.25) is 4.79 Å². The van der Waals surface area contributed by atoms with Crippen molar-refractivity contribution in [2.45, 2.75) is 5.60 Å². The highest BCUT2D eigenvalue weighted by Gasteiger charge is 2.37. The van der Waals surface area contributed by atoms with E-state index >= 15 is 0 Å². The lowest BCUT2D eigenvalue weighted by Gasteiger charge is -2.30. The molecule has 7 nitrogen and oxygen atoms in total. The molecular formula is C28H23ClN4O3. The van der Waals surface area contributed by atoms with Gasteiger partial charge in [-0.15, -0.1) is 0 Å². The second kappa shape index (κ2) is 9.11. The first kappa shape index (κ1) is 23.5. The Balaban J connectivity index is 1.81. The third kappa shape index (κ3) is 3.88. The summed E-state index contributed by atoms with van der Waals surface area (Å²) in [6.45, 7) is 0. The molecule has 8 heteroatoms. The Kier molecular flexibility index (Phi) is 5.96. The molecule has 0 spiro atoms. The summed E-state index contributed by atoms with van der Waals surface area (Å²) in [4.78, 5) is 17.0. The summed E-state index contributed by atoms with van der Waals surface area (Å²) < 4.78 is 3.35. The smallest absolute Gasteiger partial charge is 0.251 e. The molecule has 0 saturated carbocycles. The monoisotopic (exact) mass is 498 g/mol. The average molecular weight is 499 g/mol. The highest BCUT2D eigenvalue weighted by molar-refractivity contribution is 6.30. The number of aryl methyl sites for hydroxylation is 2. The molecule has 0 amide bonds. The number of hydrogen-bond acceptors (Lipinski definition) is 5. The summed E-state index contributed by atoms with van der Waals surface area (Å²) in [6.07, 6.45) is 4.59. The maximum absolute atomic E-state index is 12.8. The van der Waals surface area contributed by atoms with Gasteiger partial charge in [-0.2, -0.15) is 0 Å². The first-order valence-electron chi connectivity index (χ1n) is 11.2.